The molecule has 0 radical (unpaired) electrons. The Balaban J connectivity index is 1.49. The lowest BCUT2D eigenvalue weighted by molar-refractivity contribution is 0.0984. The lowest BCUT2D eigenvalue weighted by atomic mass is 10.1. The molecule has 5 aromatic rings. The molecule has 2 aromatic carbocycles. The van der Waals surface area contributed by atoms with Gasteiger partial charge >= 0.3 is 0 Å². The fraction of sp³-hybridized carbons (Fsp3) is 0.214. The summed E-state index contributed by atoms with van der Waals surface area (Å²) < 4.78 is 56.5. The molecule has 0 atom stereocenters. The van der Waals surface area contributed by atoms with Crippen LogP contribution in [0.1, 0.15) is 40.4 Å². The second-order valence-electron chi connectivity index (χ2n) is 9.93. The first-order chi connectivity index (χ1) is 19.0. The number of amides is 1. The molecule has 0 unspecified atom stereocenters. The number of carbonyl (C=O) groups excluding carboxylic acids is 1. The zero-order chi connectivity index (χ0) is 28.3. The molecule has 1 fully saturated rings. The Labute approximate surface area is 233 Å². The zero-order valence-corrected chi connectivity index (χ0v) is 23.0. The van der Waals surface area contributed by atoms with E-state index in [1.165, 1.54) is 34.1 Å². The molecule has 12 heteroatoms. The van der Waals surface area contributed by atoms with Crippen molar-refractivity contribution in [3.05, 3.63) is 88.5 Å². The third-order valence-corrected chi connectivity index (χ3v) is 8.39. The normalized spacial score (nSPS) is 13.7. The van der Waals surface area contributed by atoms with Crippen molar-refractivity contribution in [2.45, 2.75) is 30.2 Å². The van der Waals surface area contributed by atoms with Gasteiger partial charge in [-0.05, 0) is 60.9 Å². The van der Waals surface area contributed by atoms with E-state index >= 15 is 4.39 Å². The number of carbonyl (C=O) groups is 1. The Kier molecular flexibility index (Phi) is 6.30. The van der Waals surface area contributed by atoms with E-state index in [0.717, 1.165) is 36.9 Å². The molecule has 8 nitrogen and oxygen atoms in total. The standard InChI is InChI=1S/C28H22ClF2N5O3S/c1-35-26-19(13-33-35)27(29)34-22-10-15(9-20(31)25(22)26)14-36(23-8-6-18(30)11-24(23)40(2,38)39)28(37)17-5-7-21(32-12-17)16-3-4-16/h5-13,16H,3-4,14H2,1-2H3. The minimum atomic E-state index is -3.95. The van der Waals surface area contributed by atoms with Gasteiger partial charge in [-0.15, -0.1) is 0 Å². The highest BCUT2D eigenvalue weighted by Crippen LogP contribution is 2.39. The van der Waals surface area contributed by atoms with Crippen molar-refractivity contribution in [3.8, 4) is 0 Å². The van der Waals surface area contributed by atoms with E-state index < -0.39 is 27.4 Å². The topological polar surface area (TPSA) is 98.1 Å². The summed E-state index contributed by atoms with van der Waals surface area (Å²) in [6.45, 7) is -0.243. The number of anilines is 1. The summed E-state index contributed by atoms with van der Waals surface area (Å²) in [7, 11) is -2.29. The summed E-state index contributed by atoms with van der Waals surface area (Å²) in [4.78, 5) is 23.4. The summed E-state index contributed by atoms with van der Waals surface area (Å²) >= 11 is 6.35. The number of hydrogen-bond donors (Lipinski definition) is 0. The zero-order valence-electron chi connectivity index (χ0n) is 21.4. The molecule has 6 rings (SSSR count). The van der Waals surface area contributed by atoms with Crippen LogP contribution >= 0.6 is 11.6 Å². The van der Waals surface area contributed by atoms with Crippen molar-refractivity contribution >= 4 is 54.8 Å². The maximum Gasteiger partial charge on any atom is 0.260 e. The van der Waals surface area contributed by atoms with Crippen molar-refractivity contribution < 1.29 is 22.0 Å². The highest BCUT2D eigenvalue weighted by Gasteiger charge is 2.28. The number of aryl methyl sites for hydroxylation is 1. The first kappa shape index (κ1) is 26.3. The number of aromatic nitrogens is 4. The van der Waals surface area contributed by atoms with Crippen LogP contribution in [0.5, 0.6) is 0 Å². The average molecular weight is 582 g/mol. The van der Waals surface area contributed by atoms with Crippen LogP contribution in [0.15, 0.2) is 59.8 Å². The molecular weight excluding hydrogens is 560 g/mol. The van der Waals surface area contributed by atoms with Crippen molar-refractivity contribution in [2.75, 3.05) is 11.2 Å². The lowest BCUT2D eigenvalue weighted by Gasteiger charge is -2.25. The highest BCUT2D eigenvalue weighted by molar-refractivity contribution is 7.90. The van der Waals surface area contributed by atoms with Crippen molar-refractivity contribution in [1.82, 2.24) is 19.7 Å². The van der Waals surface area contributed by atoms with Gasteiger partial charge in [0, 0.05) is 31.1 Å². The third kappa shape index (κ3) is 4.69. The summed E-state index contributed by atoms with van der Waals surface area (Å²) in [6.07, 6.45) is 5.95. The number of benzene rings is 2. The first-order valence-electron chi connectivity index (χ1n) is 12.4. The molecular formula is C28H22ClF2N5O3S. The van der Waals surface area contributed by atoms with E-state index in [1.54, 1.807) is 25.2 Å². The molecule has 1 aliphatic rings. The molecule has 0 spiro atoms. The van der Waals surface area contributed by atoms with Gasteiger partial charge in [0.1, 0.15) is 16.8 Å². The highest BCUT2D eigenvalue weighted by atomic mass is 35.5. The van der Waals surface area contributed by atoms with Crippen LogP contribution in [0.2, 0.25) is 5.15 Å². The van der Waals surface area contributed by atoms with Gasteiger partial charge in [0.2, 0.25) is 0 Å². The van der Waals surface area contributed by atoms with E-state index in [2.05, 4.69) is 15.1 Å². The molecule has 0 aliphatic heterocycles. The van der Waals surface area contributed by atoms with Gasteiger partial charge in [-0.25, -0.2) is 22.2 Å². The molecule has 1 amide bonds. The van der Waals surface area contributed by atoms with Crippen LogP contribution in [0.3, 0.4) is 0 Å². The van der Waals surface area contributed by atoms with E-state index in [-0.39, 0.29) is 38.7 Å². The van der Waals surface area contributed by atoms with Gasteiger partial charge in [-0.3, -0.25) is 14.5 Å². The summed E-state index contributed by atoms with van der Waals surface area (Å²) in [5.74, 6) is -1.60. The SMILES string of the molecule is Cn1ncc2c(Cl)nc3cc(CN(C(=O)c4ccc(C5CC5)nc4)c4ccc(F)cc4S(C)(=O)=O)cc(F)c3c21. The minimum absolute atomic E-state index is 0.0475. The van der Waals surface area contributed by atoms with Gasteiger partial charge in [0.05, 0.1) is 50.7 Å². The Morgan fingerprint density at radius 2 is 1.90 bits per heavy atom. The van der Waals surface area contributed by atoms with Crippen LogP contribution in [0, 0.1) is 11.6 Å². The van der Waals surface area contributed by atoms with Crippen molar-refractivity contribution in [2.24, 2.45) is 7.05 Å². The number of hydrogen-bond acceptors (Lipinski definition) is 6. The van der Waals surface area contributed by atoms with Crippen LogP contribution in [-0.4, -0.2) is 40.3 Å². The van der Waals surface area contributed by atoms with E-state index in [1.807, 2.05) is 0 Å². The third-order valence-electron chi connectivity index (χ3n) is 6.97. The molecule has 204 valence electrons. The van der Waals surface area contributed by atoms with Gasteiger partial charge < -0.3 is 4.90 Å². The predicted molar refractivity (Wildman–Crippen MR) is 147 cm³/mol. The monoisotopic (exact) mass is 581 g/mol. The first-order valence-corrected chi connectivity index (χ1v) is 14.6. The average Bonchev–Trinajstić information content (AvgIpc) is 3.68. The quantitative estimate of drug-likeness (QED) is 0.243. The predicted octanol–water partition coefficient (Wildman–Crippen LogP) is 5.58. The van der Waals surface area contributed by atoms with Crippen molar-refractivity contribution in [1.29, 1.82) is 0 Å². The minimum Gasteiger partial charge on any atom is -0.303 e. The Bertz CT molecular complexity index is 1940. The van der Waals surface area contributed by atoms with Crippen molar-refractivity contribution in [3.63, 3.8) is 0 Å². The molecule has 40 heavy (non-hydrogen) atoms. The fourth-order valence-electron chi connectivity index (χ4n) is 4.88. The maximum atomic E-state index is 15.6. The van der Waals surface area contributed by atoms with Gasteiger partial charge in [0.25, 0.3) is 5.91 Å². The Morgan fingerprint density at radius 3 is 2.58 bits per heavy atom. The molecule has 1 saturated carbocycles. The molecule has 0 N–H and O–H groups in total. The van der Waals surface area contributed by atoms with Gasteiger partial charge in [-0.1, -0.05) is 11.6 Å². The van der Waals surface area contributed by atoms with Crippen LogP contribution in [-0.2, 0) is 23.4 Å². The van der Waals surface area contributed by atoms with E-state index in [0.29, 0.717) is 22.4 Å². The molecule has 1 aliphatic carbocycles. The number of rotatable bonds is 6. The Hall–Kier alpha value is -3.96. The number of pyridine rings is 2. The van der Waals surface area contributed by atoms with E-state index in [9.17, 15) is 17.6 Å². The van der Waals surface area contributed by atoms with E-state index in [4.69, 9.17) is 11.6 Å². The summed E-state index contributed by atoms with van der Waals surface area (Å²) in [5.41, 5.74) is 2.05. The Morgan fingerprint density at radius 1 is 1.12 bits per heavy atom. The number of halogens is 3. The van der Waals surface area contributed by atoms with Crippen LogP contribution in [0.4, 0.5) is 14.5 Å². The summed E-state index contributed by atoms with van der Waals surface area (Å²) in [6, 6.07) is 9.38. The van der Waals surface area contributed by atoms with Crippen LogP contribution in [0.25, 0.3) is 21.8 Å². The number of sulfone groups is 1. The smallest absolute Gasteiger partial charge is 0.260 e. The molecule has 3 heterocycles. The maximum absolute atomic E-state index is 15.6. The number of fused-ring (bicyclic) bond motifs is 3. The second kappa shape index (κ2) is 9.60. The lowest BCUT2D eigenvalue weighted by Crippen LogP contribution is -2.32. The number of nitrogens with zero attached hydrogens (tertiary/aromatic N) is 5. The molecule has 0 bridgehead atoms. The molecule has 3 aromatic heterocycles. The second-order valence-corrected chi connectivity index (χ2v) is 12.3. The van der Waals surface area contributed by atoms with Gasteiger partial charge in [0.15, 0.2) is 9.84 Å². The summed E-state index contributed by atoms with van der Waals surface area (Å²) in [5, 5.41) is 4.99. The largest absolute Gasteiger partial charge is 0.303 e. The van der Waals surface area contributed by atoms with Crippen LogP contribution < -0.4 is 4.90 Å². The molecule has 0 saturated heterocycles. The fourth-order valence-corrected chi connectivity index (χ4v) is 5.99. The van der Waals surface area contributed by atoms with Gasteiger partial charge in [-0.2, -0.15) is 5.10 Å².